The van der Waals surface area contributed by atoms with Crippen molar-refractivity contribution in [2.45, 2.75) is 26.2 Å². The van der Waals surface area contributed by atoms with Crippen molar-refractivity contribution in [3.8, 4) is 23.1 Å². The van der Waals surface area contributed by atoms with Gasteiger partial charge in [-0.3, -0.25) is 10.3 Å². The minimum absolute atomic E-state index is 0.0236. The minimum atomic E-state index is -0.671. The summed E-state index contributed by atoms with van der Waals surface area (Å²) < 4.78 is 27.5. The number of benzene rings is 1. The number of nitrogens with one attached hydrogen (secondary N) is 3. The maximum absolute atomic E-state index is 15.0. The lowest BCUT2D eigenvalue weighted by molar-refractivity contribution is 0.262. The standard InChI is InChI=1S/C27H27FN8O3/c1-27(2,3)21-14-22(36(35-21)16-5-8-23(38-4)32-15-16)34-26(37)33-19-7-6-17(13-18(19)28)39-20-9-10-30-25-24(20)29-11-12-31-25/h5-11,13-15H,12H2,1-4H3,(H,30,31)(H2,33,34,37). The van der Waals surface area contributed by atoms with E-state index in [9.17, 15) is 9.18 Å². The zero-order chi connectivity index (χ0) is 27.6. The topological polar surface area (TPSA) is 128 Å². The molecule has 0 saturated carbocycles. The fourth-order valence-corrected chi connectivity index (χ4v) is 3.76. The van der Waals surface area contributed by atoms with Gasteiger partial charge in [0.1, 0.15) is 23.1 Å². The van der Waals surface area contributed by atoms with E-state index >= 15 is 0 Å². The van der Waals surface area contributed by atoms with Crippen molar-refractivity contribution < 1.29 is 18.7 Å². The molecule has 0 unspecified atom stereocenters. The Labute approximate surface area is 224 Å². The van der Waals surface area contributed by atoms with Gasteiger partial charge < -0.3 is 20.1 Å². The number of carbonyl (C=O) groups excluding carboxylic acids is 1. The molecule has 0 saturated heterocycles. The number of nitrogens with zero attached hydrogens (tertiary/aromatic N) is 5. The van der Waals surface area contributed by atoms with Crippen molar-refractivity contribution in [3.05, 3.63) is 66.4 Å². The lowest BCUT2D eigenvalue weighted by atomic mass is 9.92. The molecule has 0 fully saturated rings. The number of urea groups is 1. The summed E-state index contributed by atoms with van der Waals surface area (Å²) in [4.78, 5) is 25.6. The van der Waals surface area contributed by atoms with Crippen LogP contribution in [0.3, 0.4) is 0 Å². The number of carbonyl (C=O) groups is 1. The van der Waals surface area contributed by atoms with Crippen LogP contribution >= 0.6 is 0 Å². The molecule has 3 N–H and O–H groups in total. The minimum Gasteiger partial charge on any atom is -0.481 e. The Kier molecular flexibility index (Phi) is 6.84. The highest BCUT2D eigenvalue weighted by Gasteiger charge is 2.22. The molecule has 39 heavy (non-hydrogen) atoms. The first kappa shape index (κ1) is 25.6. The lowest BCUT2D eigenvalue weighted by Crippen LogP contribution is -2.22. The summed E-state index contributed by atoms with van der Waals surface area (Å²) >= 11 is 0. The molecule has 200 valence electrons. The van der Waals surface area contributed by atoms with Crippen molar-refractivity contribution >= 4 is 35.3 Å². The Balaban J connectivity index is 1.33. The fourth-order valence-electron chi connectivity index (χ4n) is 3.76. The van der Waals surface area contributed by atoms with Crippen LogP contribution in [0.5, 0.6) is 17.4 Å². The molecule has 11 nitrogen and oxygen atoms in total. The second-order valence-corrected chi connectivity index (χ2v) is 9.66. The highest BCUT2D eigenvalue weighted by molar-refractivity contribution is 5.99. The quantitative estimate of drug-likeness (QED) is 0.293. The number of halogens is 1. The molecule has 1 aliphatic rings. The van der Waals surface area contributed by atoms with Crippen LogP contribution in [0.4, 0.5) is 32.2 Å². The van der Waals surface area contributed by atoms with Gasteiger partial charge >= 0.3 is 6.03 Å². The Bertz CT molecular complexity index is 1540. The molecule has 0 radical (unpaired) electrons. The van der Waals surface area contributed by atoms with Gasteiger partial charge in [-0.2, -0.15) is 5.10 Å². The van der Waals surface area contributed by atoms with E-state index in [4.69, 9.17) is 9.47 Å². The van der Waals surface area contributed by atoms with Crippen LogP contribution in [-0.2, 0) is 5.41 Å². The summed E-state index contributed by atoms with van der Waals surface area (Å²) in [5.74, 6) is 1.43. The molecule has 0 bridgehead atoms. The monoisotopic (exact) mass is 530 g/mol. The Morgan fingerprint density at radius 3 is 2.67 bits per heavy atom. The summed E-state index contributed by atoms with van der Waals surface area (Å²) in [5, 5.41) is 13.0. The van der Waals surface area contributed by atoms with Crippen LogP contribution < -0.4 is 25.4 Å². The first-order valence-electron chi connectivity index (χ1n) is 12.1. The molecule has 0 spiro atoms. The third-order valence-corrected chi connectivity index (χ3v) is 5.78. The van der Waals surface area contributed by atoms with Crippen LogP contribution in [0.1, 0.15) is 26.5 Å². The van der Waals surface area contributed by atoms with Gasteiger partial charge in [0, 0.05) is 42.1 Å². The van der Waals surface area contributed by atoms with Gasteiger partial charge in [-0.05, 0) is 18.2 Å². The highest BCUT2D eigenvalue weighted by Crippen LogP contribution is 2.38. The van der Waals surface area contributed by atoms with E-state index in [2.05, 4.69) is 36.0 Å². The number of amides is 2. The molecule has 0 atom stereocenters. The van der Waals surface area contributed by atoms with Gasteiger partial charge in [-0.15, -0.1) is 0 Å². The van der Waals surface area contributed by atoms with Crippen LogP contribution in [-0.4, -0.2) is 45.6 Å². The molecule has 12 heteroatoms. The van der Waals surface area contributed by atoms with E-state index in [0.29, 0.717) is 41.2 Å². The second-order valence-electron chi connectivity index (χ2n) is 9.66. The van der Waals surface area contributed by atoms with Crippen molar-refractivity contribution in [3.63, 3.8) is 0 Å². The van der Waals surface area contributed by atoms with E-state index in [0.717, 1.165) is 5.69 Å². The number of hydrogen-bond donors (Lipinski definition) is 3. The first-order chi connectivity index (χ1) is 18.7. The number of rotatable bonds is 6. The summed E-state index contributed by atoms with van der Waals surface area (Å²) in [6.07, 6.45) is 4.86. The van der Waals surface area contributed by atoms with Crippen LogP contribution in [0.2, 0.25) is 0 Å². The van der Waals surface area contributed by atoms with E-state index in [1.807, 2.05) is 20.8 Å². The van der Waals surface area contributed by atoms with E-state index in [1.165, 1.54) is 19.2 Å². The normalized spacial score (nSPS) is 12.3. The van der Waals surface area contributed by atoms with Crippen LogP contribution in [0.25, 0.3) is 5.69 Å². The fraction of sp³-hybridized carbons (Fsp3) is 0.222. The van der Waals surface area contributed by atoms with E-state index < -0.39 is 11.8 Å². The molecule has 3 aromatic heterocycles. The van der Waals surface area contributed by atoms with E-state index in [1.54, 1.807) is 53.6 Å². The SMILES string of the molecule is COc1ccc(-n2nc(C(C)(C)C)cc2NC(=O)Nc2ccc(Oc3ccnc4c3N=CCN4)cc2F)cn1. The maximum atomic E-state index is 15.0. The first-order valence-corrected chi connectivity index (χ1v) is 12.1. The number of pyridine rings is 2. The van der Waals surface area contributed by atoms with Gasteiger partial charge in [0.05, 0.1) is 36.9 Å². The number of fused-ring (bicyclic) bond motifs is 1. The number of aliphatic imine (C=N–C) groups is 1. The largest absolute Gasteiger partial charge is 0.481 e. The van der Waals surface area contributed by atoms with Gasteiger partial charge in [0.15, 0.2) is 11.6 Å². The van der Waals surface area contributed by atoms with Crippen LogP contribution in [0.15, 0.2) is 59.9 Å². The highest BCUT2D eigenvalue weighted by atomic mass is 19.1. The maximum Gasteiger partial charge on any atom is 0.324 e. The smallest absolute Gasteiger partial charge is 0.324 e. The van der Waals surface area contributed by atoms with Gasteiger partial charge in [0.25, 0.3) is 0 Å². The molecule has 5 rings (SSSR count). The molecular formula is C27H27FN8O3. The molecular weight excluding hydrogens is 503 g/mol. The Morgan fingerprint density at radius 1 is 1.10 bits per heavy atom. The summed E-state index contributed by atoms with van der Waals surface area (Å²) in [7, 11) is 1.53. The number of aromatic nitrogens is 4. The van der Waals surface area contributed by atoms with Crippen molar-refractivity contribution in [1.29, 1.82) is 0 Å². The van der Waals surface area contributed by atoms with Crippen LogP contribution in [0, 0.1) is 5.82 Å². The van der Waals surface area contributed by atoms with Crippen molar-refractivity contribution in [2.75, 3.05) is 29.6 Å². The average Bonchev–Trinajstić information content (AvgIpc) is 3.35. The molecule has 4 heterocycles. The van der Waals surface area contributed by atoms with Crippen molar-refractivity contribution in [2.24, 2.45) is 4.99 Å². The third-order valence-electron chi connectivity index (χ3n) is 5.78. The number of anilines is 3. The Morgan fingerprint density at radius 2 is 1.95 bits per heavy atom. The zero-order valence-corrected chi connectivity index (χ0v) is 21.8. The predicted molar refractivity (Wildman–Crippen MR) is 147 cm³/mol. The van der Waals surface area contributed by atoms with Gasteiger partial charge in [0.2, 0.25) is 5.88 Å². The average molecular weight is 531 g/mol. The Hall–Kier alpha value is -5.00. The molecule has 2 amide bonds. The number of methoxy groups -OCH3 is 1. The predicted octanol–water partition coefficient (Wildman–Crippen LogP) is 5.67. The molecule has 0 aliphatic carbocycles. The van der Waals surface area contributed by atoms with E-state index in [-0.39, 0.29) is 16.9 Å². The zero-order valence-electron chi connectivity index (χ0n) is 21.8. The third kappa shape index (κ3) is 5.64. The number of hydrogen-bond acceptors (Lipinski definition) is 8. The molecule has 1 aromatic carbocycles. The lowest BCUT2D eigenvalue weighted by Gasteiger charge is -2.15. The van der Waals surface area contributed by atoms with Crippen molar-refractivity contribution in [1.82, 2.24) is 19.7 Å². The summed E-state index contributed by atoms with van der Waals surface area (Å²) in [6, 6.07) is 10.4. The van der Waals surface area contributed by atoms with Gasteiger partial charge in [-0.1, -0.05) is 20.8 Å². The summed E-state index contributed by atoms with van der Waals surface area (Å²) in [6.45, 7) is 6.61. The summed E-state index contributed by atoms with van der Waals surface area (Å²) in [5.41, 5.74) is 1.59. The molecule has 1 aliphatic heterocycles. The second kappa shape index (κ2) is 10.4. The van der Waals surface area contributed by atoms with Gasteiger partial charge in [-0.25, -0.2) is 23.8 Å². The number of ether oxygens (including phenoxy) is 2. The molecule has 4 aromatic rings.